The third kappa shape index (κ3) is 1.22. The lowest BCUT2D eigenvalue weighted by Crippen LogP contribution is -1.99. The van der Waals surface area contributed by atoms with E-state index in [4.69, 9.17) is 0 Å². The highest BCUT2D eigenvalue weighted by Crippen LogP contribution is 2.14. The van der Waals surface area contributed by atoms with Crippen molar-refractivity contribution in [2.45, 2.75) is 13.8 Å². The quantitative estimate of drug-likeness (QED) is 0.441. The van der Waals surface area contributed by atoms with Gasteiger partial charge in [0.25, 0.3) is 0 Å². The van der Waals surface area contributed by atoms with Crippen molar-refractivity contribution in [2.24, 2.45) is 0 Å². The third-order valence-corrected chi connectivity index (χ3v) is 1.32. The molecule has 1 nitrogen and oxygen atoms in total. The lowest BCUT2D eigenvalue weighted by atomic mass is 10.2. The monoisotopic (exact) mass is 121 g/mol. The topological polar surface area (TPSA) is 23.1 Å². The molecule has 48 valence electrons. The maximum absolute atomic E-state index is 10.7. The van der Waals surface area contributed by atoms with Gasteiger partial charge in [-0.3, -0.25) is 0 Å². The minimum absolute atomic E-state index is 0.142. The number of hydrogen-bond donors (Lipinski definition) is 0. The van der Waals surface area contributed by atoms with E-state index in [1.54, 1.807) is 6.92 Å². The van der Waals surface area contributed by atoms with Gasteiger partial charge in [-0.05, 0) is 12.5 Å². The molecule has 1 heteroatoms. The van der Waals surface area contributed by atoms with Crippen LogP contribution in [0.4, 0.5) is 0 Å². The average molecular weight is 121 g/mol. The molecule has 0 amide bonds. The first kappa shape index (κ1) is 6.14. The predicted octanol–water partition coefficient (Wildman–Crippen LogP) is 1.14. The Kier molecular flexibility index (Phi) is 1.43. The van der Waals surface area contributed by atoms with Gasteiger partial charge in [0.2, 0.25) is 0 Å². The summed E-state index contributed by atoms with van der Waals surface area (Å²) in [7, 11) is 0. The van der Waals surface area contributed by atoms with Gasteiger partial charge < -0.3 is 5.11 Å². The zero-order valence-corrected chi connectivity index (χ0v) is 5.64. The molecule has 0 heterocycles. The Labute approximate surface area is 55.0 Å². The van der Waals surface area contributed by atoms with E-state index in [-0.39, 0.29) is 5.76 Å². The van der Waals surface area contributed by atoms with Gasteiger partial charge in [0.05, 0.1) is 0 Å². The summed E-state index contributed by atoms with van der Waals surface area (Å²) >= 11 is 0. The van der Waals surface area contributed by atoms with Gasteiger partial charge >= 0.3 is 0 Å². The second-order valence-electron chi connectivity index (χ2n) is 2.23. The van der Waals surface area contributed by atoms with E-state index in [0.717, 1.165) is 11.1 Å². The summed E-state index contributed by atoms with van der Waals surface area (Å²) in [5.74, 6) is 0.142. The molecule has 9 heavy (non-hydrogen) atoms. The van der Waals surface area contributed by atoms with Gasteiger partial charge in [-0.15, -0.1) is 5.76 Å². The Balaban J connectivity index is 2.95. The largest absolute Gasteiger partial charge is 0.875 e. The van der Waals surface area contributed by atoms with Crippen molar-refractivity contribution in [3.63, 3.8) is 0 Å². The van der Waals surface area contributed by atoms with Crippen LogP contribution in [0, 0.1) is 0 Å². The Morgan fingerprint density at radius 1 is 1.44 bits per heavy atom. The SMILES string of the molecule is CC1=CC(=C(C)[O-])C=C1. The second kappa shape index (κ2) is 2.09. The van der Waals surface area contributed by atoms with Crippen LogP contribution in [0.3, 0.4) is 0 Å². The van der Waals surface area contributed by atoms with Crippen LogP contribution in [0.15, 0.2) is 35.1 Å². The number of allylic oxidation sites excluding steroid dienone is 6. The van der Waals surface area contributed by atoms with E-state index < -0.39 is 0 Å². The van der Waals surface area contributed by atoms with Crippen molar-refractivity contribution in [1.29, 1.82) is 0 Å². The van der Waals surface area contributed by atoms with Crippen molar-refractivity contribution in [3.8, 4) is 0 Å². The summed E-state index contributed by atoms with van der Waals surface area (Å²) in [6, 6.07) is 0. The molecule has 0 radical (unpaired) electrons. The van der Waals surface area contributed by atoms with Crippen molar-refractivity contribution in [2.75, 3.05) is 0 Å². The molecular formula is C8H9O-. The fourth-order valence-corrected chi connectivity index (χ4v) is 0.782. The third-order valence-electron chi connectivity index (χ3n) is 1.32. The first-order chi connectivity index (χ1) is 4.20. The zero-order chi connectivity index (χ0) is 6.85. The highest BCUT2D eigenvalue weighted by atomic mass is 16.3. The summed E-state index contributed by atoms with van der Waals surface area (Å²) in [5, 5.41) is 10.7. The lowest BCUT2D eigenvalue weighted by molar-refractivity contribution is -0.302. The van der Waals surface area contributed by atoms with Crippen molar-refractivity contribution < 1.29 is 5.11 Å². The molecule has 0 saturated heterocycles. The summed E-state index contributed by atoms with van der Waals surface area (Å²) in [6.07, 6.45) is 5.68. The van der Waals surface area contributed by atoms with Crippen LogP contribution in [0.5, 0.6) is 0 Å². The van der Waals surface area contributed by atoms with Crippen molar-refractivity contribution in [3.05, 3.63) is 35.1 Å². The molecule has 0 bridgehead atoms. The summed E-state index contributed by atoms with van der Waals surface area (Å²) in [4.78, 5) is 0. The normalized spacial score (nSPS) is 22.2. The van der Waals surface area contributed by atoms with Crippen LogP contribution in [0.25, 0.3) is 0 Å². The average Bonchev–Trinajstić information content (AvgIpc) is 2.14. The predicted molar refractivity (Wildman–Crippen MR) is 35.6 cm³/mol. The molecular weight excluding hydrogens is 112 g/mol. The fourth-order valence-electron chi connectivity index (χ4n) is 0.782. The van der Waals surface area contributed by atoms with Gasteiger partial charge in [-0.2, -0.15) is 0 Å². The highest BCUT2D eigenvalue weighted by molar-refractivity contribution is 5.45. The summed E-state index contributed by atoms with van der Waals surface area (Å²) < 4.78 is 0. The first-order valence-corrected chi connectivity index (χ1v) is 2.94. The molecule has 0 atom stereocenters. The smallest absolute Gasteiger partial charge is 0.0376 e. The lowest BCUT2D eigenvalue weighted by Gasteiger charge is -2.04. The maximum atomic E-state index is 10.7. The van der Waals surface area contributed by atoms with Gasteiger partial charge in [0, 0.05) is 0 Å². The maximum Gasteiger partial charge on any atom is -0.0376 e. The second-order valence-corrected chi connectivity index (χ2v) is 2.23. The van der Waals surface area contributed by atoms with Crippen molar-refractivity contribution >= 4 is 0 Å². The molecule has 0 aromatic carbocycles. The fraction of sp³-hybridized carbons (Fsp3) is 0.250. The molecule has 0 N–H and O–H groups in total. The Morgan fingerprint density at radius 2 is 2.11 bits per heavy atom. The number of hydrogen-bond acceptors (Lipinski definition) is 1. The van der Waals surface area contributed by atoms with Crippen LogP contribution >= 0.6 is 0 Å². The standard InChI is InChI=1S/C8H10O/c1-6-3-4-8(5-6)7(2)9/h3-5,9H,1-2H3/p-1. The van der Waals surface area contributed by atoms with E-state index in [9.17, 15) is 5.11 Å². The minimum atomic E-state index is 0.142. The van der Waals surface area contributed by atoms with Gasteiger partial charge in [-0.25, -0.2) is 0 Å². The van der Waals surface area contributed by atoms with Crippen molar-refractivity contribution in [1.82, 2.24) is 0 Å². The van der Waals surface area contributed by atoms with Gasteiger partial charge in [-0.1, -0.05) is 30.7 Å². The minimum Gasteiger partial charge on any atom is -0.875 e. The number of rotatable bonds is 0. The van der Waals surface area contributed by atoms with Gasteiger partial charge in [0.1, 0.15) is 0 Å². The van der Waals surface area contributed by atoms with Crippen LogP contribution in [0.2, 0.25) is 0 Å². The highest BCUT2D eigenvalue weighted by Gasteiger charge is 1.94. The van der Waals surface area contributed by atoms with Crippen LogP contribution < -0.4 is 5.11 Å². The van der Waals surface area contributed by atoms with Crippen LogP contribution in [-0.4, -0.2) is 0 Å². The summed E-state index contributed by atoms with van der Waals surface area (Å²) in [6.45, 7) is 3.56. The Bertz CT molecular complexity index is 203. The molecule has 0 spiro atoms. The molecule has 0 saturated carbocycles. The molecule has 1 aliphatic rings. The van der Waals surface area contributed by atoms with E-state index in [2.05, 4.69) is 0 Å². The molecule has 0 aromatic rings. The Morgan fingerprint density at radius 3 is 2.33 bits per heavy atom. The van der Waals surface area contributed by atoms with Crippen LogP contribution in [0.1, 0.15) is 13.8 Å². The zero-order valence-electron chi connectivity index (χ0n) is 5.64. The Hall–Kier alpha value is -0.980. The van der Waals surface area contributed by atoms with E-state index in [1.165, 1.54) is 0 Å². The van der Waals surface area contributed by atoms with Crippen LogP contribution in [-0.2, 0) is 0 Å². The molecule has 0 aliphatic heterocycles. The molecule has 1 rings (SSSR count). The molecule has 0 fully saturated rings. The van der Waals surface area contributed by atoms with E-state index in [1.807, 2.05) is 25.2 Å². The van der Waals surface area contributed by atoms with Gasteiger partial charge in [0.15, 0.2) is 0 Å². The molecule has 1 aliphatic carbocycles. The molecule has 0 aromatic heterocycles. The first-order valence-electron chi connectivity index (χ1n) is 2.94. The molecule has 0 unspecified atom stereocenters. The summed E-state index contributed by atoms with van der Waals surface area (Å²) in [5.41, 5.74) is 1.97. The van der Waals surface area contributed by atoms with E-state index in [0.29, 0.717) is 0 Å². The van der Waals surface area contributed by atoms with E-state index >= 15 is 0 Å².